The molecule has 0 spiro atoms. The molecule has 1 amide bonds. The second kappa shape index (κ2) is 8.37. The molecule has 0 radical (unpaired) electrons. The Bertz CT molecular complexity index is 1040. The fraction of sp³-hybridized carbons (Fsp3) is 0.273. The molecule has 2 heterocycles. The third-order valence-corrected chi connectivity index (χ3v) is 5.11. The Balaban J connectivity index is 1.49. The van der Waals surface area contributed by atoms with E-state index in [0.717, 1.165) is 27.1 Å². The van der Waals surface area contributed by atoms with Crippen LogP contribution in [0, 0.1) is 0 Å². The van der Waals surface area contributed by atoms with Crippen LogP contribution in [-0.4, -0.2) is 35.7 Å². The smallest absolute Gasteiger partial charge is 0.245 e. The van der Waals surface area contributed by atoms with E-state index >= 15 is 0 Å². The number of fused-ring (bicyclic) bond motifs is 1. The van der Waals surface area contributed by atoms with Gasteiger partial charge in [0.1, 0.15) is 0 Å². The minimum absolute atomic E-state index is 0.0999. The number of nitrogens with one attached hydrogen (secondary N) is 1. The van der Waals surface area contributed by atoms with Gasteiger partial charge >= 0.3 is 0 Å². The number of aromatic nitrogens is 1. The SMILES string of the molecule is CC1(CC(=O)N/N=C/c2cn(Cc3ccc(Cl)cc3)c3ccccc23)OCCO1. The van der Waals surface area contributed by atoms with Gasteiger partial charge in [0, 0.05) is 34.2 Å². The quantitative estimate of drug-likeness (QED) is 0.493. The van der Waals surface area contributed by atoms with Crippen LogP contribution in [0.15, 0.2) is 59.8 Å². The maximum absolute atomic E-state index is 12.1. The lowest BCUT2D eigenvalue weighted by molar-refractivity contribution is -0.159. The highest BCUT2D eigenvalue weighted by molar-refractivity contribution is 6.30. The molecule has 1 aliphatic rings. The molecule has 1 aliphatic heterocycles. The molecule has 3 aromatic rings. The summed E-state index contributed by atoms with van der Waals surface area (Å²) in [6.45, 7) is 3.47. The summed E-state index contributed by atoms with van der Waals surface area (Å²) in [5, 5.41) is 5.91. The number of carbonyl (C=O) groups excluding carboxylic acids is 1. The summed E-state index contributed by atoms with van der Waals surface area (Å²) < 4.78 is 13.1. The molecule has 1 saturated heterocycles. The minimum Gasteiger partial charge on any atom is -0.347 e. The van der Waals surface area contributed by atoms with Gasteiger partial charge in [-0.2, -0.15) is 5.10 Å². The lowest BCUT2D eigenvalue weighted by Gasteiger charge is -2.20. The fourth-order valence-corrected chi connectivity index (χ4v) is 3.59. The third kappa shape index (κ3) is 4.67. The molecule has 0 atom stereocenters. The van der Waals surface area contributed by atoms with Crippen molar-refractivity contribution in [3.63, 3.8) is 0 Å². The van der Waals surface area contributed by atoms with E-state index in [-0.39, 0.29) is 12.3 Å². The van der Waals surface area contributed by atoms with E-state index in [0.29, 0.717) is 19.8 Å². The molecule has 0 unspecified atom stereocenters. The number of benzene rings is 2. The van der Waals surface area contributed by atoms with Crippen LogP contribution in [0.2, 0.25) is 5.02 Å². The van der Waals surface area contributed by atoms with Crippen molar-refractivity contribution in [3.05, 3.63) is 70.9 Å². The van der Waals surface area contributed by atoms with Crippen molar-refractivity contribution in [2.75, 3.05) is 13.2 Å². The van der Waals surface area contributed by atoms with Crippen LogP contribution in [0.5, 0.6) is 0 Å². The Morgan fingerprint density at radius 3 is 2.69 bits per heavy atom. The maximum Gasteiger partial charge on any atom is 0.245 e. The molecule has 4 rings (SSSR count). The molecule has 1 N–H and O–H groups in total. The summed E-state index contributed by atoms with van der Waals surface area (Å²) in [4.78, 5) is 12.1. The Hall–Kier alpha value is -2.67. The van der Waals surface area contributed by atoms with Crippen molar-refractivity contribution >= 4 is 34.6 Å². The molecule has 0 saturated carbocycles. The van der Waals surface area contributed by atoms with E-state index in [4.69, 9.17) is 21.1 Å². The van der Waals surface area contributed by atoms with Gasteiger partial charge in [0.2, 0.25) is 5.91 Å². The van der Waals surface area contributed by atoms with Crippen LogP contribution in [0.1, 0.15) is 24.5 Å². The first kappa shape index (κ1) is 19.6. The lowest BCUT2D eigenvalue weighted by Crippen LogP contribution is -2.33. The van der Waals surface area contributed by atoms with Gasteiger partial charge in [-0.3, -0.25) is 4.79 Å². The van der Waals surface area contributed by atoms with E-state index in [2.05, 4.69) is 21.2 Å². The highest BCUT2D eigenvalue weighted by Crippen LogP contribution is 2.23. The molecule has 1 aromatic heterocycles. The molecule has 0 bridgehead atoms. The number of hydrazone groups is 1. The topological polar surface area (TPSA) is 64.9 Å². The zero-order chi connectivity index (χ0) is 20.3. The molecule has 2 aromatic carbocycles. The predicted octanol–water partition coefficient (Wildman–Crippen LogP) is 3.95. The number of ether oxygens (including phenoxy) is 2. The second-order valence-corrected chi connectivity index (χ2v) is 7.59. The molecular weight excluding hydrogens is 390 g/mol. The Morgan fingerprint density at radius 2 is 1.93 bits per heavy atom. The number of hydrogen-bond donors (Lipinski definition) is 1. The molecular formula is C22H22ClN3O3. The van der Waals surface area contributed by atoms with Crippen LogP contribution in [0.4, 0.5) is 0 Å². The van der Waals surface area contributed by atoms with Gasteiger partial charge in [-0.05, 0) is 30.7 Å². The number of carbonyl (C=O) groups is 1. The van der Waals surface area contributed by atoms with Gasteiger partial charge < -0.3 is 14.0 Å². The number of amides is 1. The van der Waals surface area contributed by atoms with Crippen LogP contribution in [0.25, 0.3) is 10.9 Å². The predicted molar refractivity (Wildman–Crippen MR) is 113 cm³/mol. The van der Waals surface area contributed by atoms with E-state index in [9.17, 15) is 4.79 Å². The zero-order valence-corrected chi connectivity index (χ0v) is 16.9. The molecule has 0 aliphatic carbocycles. The Kier molecular flexibility index (Phi) is 5.67. The summed E-state index contributed by atoms with van der Waals surface area (Å²) in [5.74, 6) is -1.12. The first-order valence-electron chi connectivity index (χ1n) is 9.45. The molecule has 150 valence electrons. The second-order valence-electron chi connectivity index (χ2n) is 7.16. The summed E-state index contributed by atoms with van der Waals surface area (Å²) in [5.41, 5.74) is 5.73. The van der Waals surface area contributed by atoms with Crippen molar-refractivity contribution in [1.82, 2.24) is 9.99 Å². The lowest BCUT2D eigenvalue weighted by atomic mass is 10.2. The van der Waals surface area contributed by atoms with Crippen molar-refractivity contribution in [3.8, 4) is 0 Å². The summed E-state index contributed by atoms with van der Waals surface area (Å²) in [6.07, 6.45) is 3.79. The fourth-order valence-electron chi connectivity index (χ4n) is 3.46. The van der Waals surface area contributed by atoms with Gasteiger partial charge in [-0.25, -0.2) is 5.43 Å². The Morgan fingerprint density at radius 1 is 1.21 bits per heavy atom. The van der Waals surface area contributed by atoms with Gasteiger partial charge in [0.05, 0.1) is 25.8 Å². The molecule has 29 heavy (non-hydrogen) atoms. The average molecular weight is 412 g/mol. The number of nitrogens with zero attached hydrogens (tertiary/aromatic N) is 2. The average Bonchev–Trinajstić information content (AvgIpc) is 3.28. The normalized spacial score (nSPS) is 15.9. The first-order valence-corrected chi connectivity index (χ1v) is 9.82. The van der Waals surface area contributed by atoms with E-state index < -0.39 is 5.79 Å². The standard InChI is InChI=1S/C22H22ClN3O3/c1-22(28-10-11-29-22)12-21(27)25-24-13-17-15-26(20-5-3-2-4-19(17)20)14-16-6-8-18(23)9-7-16/h2-9,13,15H,10-12,14H2,1H3,(H,25,27)/b24-13+. The first-order chi connectivity index (χ1) is 14.0. The van der Waals surface area contributed by atoms with E-state index in [1.807, 2.05) is 48.7 Å². The van der Waals surface area contributed by atoms with Crippen molar-refractivity contribution in [2.45, 2.75) is 25.7 Å². The zero-order valence-electron chi connectivity index (χ0n) is 16.1. The largest absolute Gasteiger partial charge is 0.347 e. The number of hydrogen-bond acceptors (Lipinski definition) is 4. The van der Waals surface area contributed by atoms with E-state index in [1.54, 1.807) is 13.1 Å². The monoisotopic (exact) mass is 411 g/mol. The maximum atomic E-state index is 12.1. The highest BCUT2D eigenvalue weighted by atomic mass is 35.5. The molecule has 7 heteroatoms. The minimum atomic E-state index is -0.867. The third-order valence-electron chi connectivity index (χ3n) is 4.86. The summed E-state index contributed by atoms with van der Waals surface area (Å²) >= 11 is 5.98. The summed E-state index contributed by atoms with van der Waals surface area (Å²) in [6, 6.07) is 15.9. The van der Waals surface area contributed by atoms with Crippen LogP contribution >= 0.6 is 11.6 Å². The van der Waals surface area contributed by atoms with Crippen LogP contribution in [-0.2, 0) is 20.8 Å². The highest BCUT2D eigenvalue weighted by Gasteiger charge is 2.33. The van der Waals surface area contributed by atoms with Crippen LogP contribution < -0.4 is 5.43 Å². The van der Waals surface area contributed by atoms with Gasteiger partial charge in [0.15, 0.2) is 5.79 Å². The number of para-hydroxylation sites is 1. The van der Waals surface area contributed by atoms with Crippen molar-refractivity contribution in [1.29, 1.82) is 0 Å². The number of rotatable bonds is 6. The molecule has 1 fully saturated rings. The van der Waals surface area contributed by atoms with Crippen molar-refractivity contribution in [2.24, 2.45) is 5.10 Å². The Labute approximate surface area is 174 Å². The van der Waals surface area contributed by atoms with Crippen molar-refractivity contribution < 1.29 is 14.3 Å². The molecule has 6 nitrogen and oxygen atoms in total. The van der Waals surface area contributed by atoms with Gasteiger partial charge in [0.25, 0.3) is 0 Å². The van der Waals surface area contributed by atoms with Gasteiger partial charge in [-0.15, -0.1) is 0 Å². The van der Waals surface area contributed by atoms with Crippen LogP contribution in [0.3, 0.4) is 0 Å². The summed E-state index contributed by atoms with van der Waals surface area (Å²) in [7, 11) is 0. The van der Waals surface area contributed by atoms with Gasteiger partial charge in [-0.1, -0.05) is 41.9 Å². The number of halogens is 1. The van der Waals surface area contributed by atoms with E-state index in [1.165, 1.54) is 0 Å².